The molecule has 1 amide bonds. The average molecular weight is 408 g/mol. The van der Waals surface area contributed by atoms with Crippen LogP contribution in [0.1, 0.15) is 24.8 Å². The molecule has 0 aliphatic carbocycles. The van der Waals surface area contributed by atoms with Crippen molar-refractivity contribution in [3.63, 3.8) is 0 Å². The van der Waals surface area contributed by atoms with Crippen LogP contribution in [-0.4, -0.2) is 54.7 Å². The molecule has 156 valence electrons. The van der Waals surface area contributed by atoms with Crippen molar-refractivity contribution in [2.45, 2.75) is 30.4 Å². The van der Waals surface area contributed by atoms with E-state index < -0.39 is 11.1 Å². The number of guanidine groups is 1. The van der Waals surface area contributed by atoms with E-state index in [1.54, 1.807) is 26.6 Å². The Labute approximate surface area is 174 Å². The van der Waals surface area contributed by atoms with E-state index in [-0.39, 0.29) is 11.9 Å². The van der Waals surface area contributed by atoms with E-state index in [9.17, 15) is 4.79 Å². The summed E-state index contributed by atoms with van der Waals surface area (Å²) in [5.74, 6) is 1.43. The predicted molar refractivity (Wildman–Crippen MR) is 110 cm³/mol. The zero-order valence-electron chi connectivity index (χ0n) is 17.1. The van der Waals surface area contributed by atoms with Gasteiger partial charge >= 0.3 is 0 Å². The maximum Gasteiger partial charge on any atom is 0.261 e. The Hall–Kier alpha value is -3.13. The highest BCUT2D eigenvalue weighted by Crippen LogP contribution is 2.52. The van der Waals surface area contributed by atoms with Gasteiger partial charge in [-0.05, 0) is 23.8 Å². The second kappa shape index (κ2) is 6.70. The number of carbonyl (C=O) groups is 1. The molecule has 1 fully saturated rings. The number of benzene rings is 1. The number of rotatable bonds is 2. The van der Waals surface area contributed by atoms with Crippen LogP contribution in [0.5, 0.6) is 11.5 Å². The highest BCUT2D eigenvalue weighted by atomic mass is 16.5. The third kappa shape index (κ3) is 2.74. The van der Waals surface area contributed by atoms with Gasteiger partial charge in [0.15, 0.2) is 11.5 Å². The standard InChI is InChI=1S/C22H24N4O4/c1-26-19(27)22(25-20(26)23)13-21(5-7-29-8-6-21)30-18-4-3-14(10-17(18)22)15-9-16(28-2)12-24-11-15/h3-4,9-12H,5-8,13H2,1-2H3,(H2,23,25). The number of likely N-dealkylation sites (N-methyl/N-ethyl adjacent to an activating group) is 1. The van der Waals surface area contributed by atoms with Gasteiger partial charge in [0, 0.05) is 43.6 Å². The summed E-state index contributed by atoms with van der Waals surface area (Å²) in [6.07, 6.45) is 5.28. The van der Waals surface area contributed by atoms with E-state index in [1.807, 2.05) is 24.3 Å². The van der Waals surface area contributed by atoms with Crippen molar-refractivity contribution < 1.29 is 19.0 Å². The third-order valence-corrected chi connectivity index (χ3v) is 6.32. The van der Waals surface area contributed by atoms with Gasteiger partial charge in [0.25, 0.3) is 5.91 Å². The van der Waals surface area contributed by atoms with Crippen molar-refractivity contribution in [1.29, 1.82) is 0 Å². The number of nitrogens with zero attached hydrogens (tertiary/aromatic N) is 3. The van der Waals surface area contributed by atoms with E-state index in [4.69, 9.17) is 24.9 Å². The van der Waals surface area contributed by atoms with Crippen molar-refractivity contribution in [3.8, 4) is 22.6 Å². The van der Waals surface area contributed by atoms with Gasteiger partial charge in [-0.2, -0.15) is 0 Å². The normalized spacial score (nSPS) is 24.5. The van der Waals surface area contributed by atoms with Gasteiger partial charge in [-0.15, -0.1) is 0 Å². The van der Waals surface area contributed by atoms with Crippen molar-refractivity contribution >= 4 is 11.9 Å². The number of carbonyl (C=O) groups excluding carboxylic acids is 1. The summed E-state index contributed by atoms with van der Waals surface area (Å²) >= 11 is 0. The van der Waals surface area contributed by atoms with Crippen LogP contribution in [0.4, 0.5) is 0 Å². The first kappa shape index (κ1) is 18.9. The Morgan fingerprint density at radius 1 is 1.17 bits per heavy atom. The van der Waals surface area contributed by atoms with Crippen LogP contribution in [-0.2, 0) is 15.1 Å². The molecule has 2 N–H and O–H groups in total. The minimum Gasteiger partial charge on any atom is -0.495 e. The lowest BCUT2D eigenvalue weighted by Crippen LogP contribution is -2.53. The Kier molecular flexibility index (Phi) is 4.21. The number of aliphatic imine (C=N–C) groups is 1. The quantitative estimate of drug-likeness (QED) is 0.817. The molecule has 2 spiro atoms. The van der Waals surface area contributed by atoms with Crippen LogP contribution in [0, 0.1) is 0 Å². The average Bonchev–Trinajstić information content (AvgIpc) is 2.98. The fourth-order valence-corrected chi connectivity index (χ4v) is 4.65. The second-order valence-corrected chi connectivity index (χ2v) is 8.09. The SMILES string of the molecule is COc1cncc(-c2ccc3c(c2)C2(CC4(CCOCC4)O3)N=C(N)N(C)C2=O)c1. The Morgan fingerprint density at radius 2 is 1.97 bits per heavy atom. The molecule has 30 heavy (non-hydrogen) atoms. The number of hydrogen-bond donors (Lipinski definition) is 1. The van der Waals surface area contributed by atoms with Gasteiger partial charge in [0.05, 0.1) is 26.5 Å². The van der Waals surface area contributed by atoms with Gasteiger partial charge in [0.1, 0.15) is 17.1 Å². The summed E-state index contributed by atoms with van der Waals surface area (Å²) in [6.45, 7) is 1.20. The molecule has 4 heterocycles. The smallest absolute Gasteiger partial charge is 0.261 e. The topological polar surface area (TPSA) is 99.3 Å². The first-order valence-corrected chi connectivity index (χ1v) is 10.0. The maximum atomic E-state index is 13.4. The first-order chi connectivity index (χ1) is 14.5. The molecule has 3 aliphatic rings. The summed E-state index contributed by atoms with van der Waals surface area (Å²) in [5.41, 5.74) is 7.04. The number of nitrogens with two attached hydrogens (primary N) is 1. The zero-order valence-corrected chi connectivity index (χ0v) is 17.1. The van der Waals surface area contributed by atoms with E-state index >= 15 is 0 Å². The summed E-state index contributed by atoms with van der Waals surface area (Å²) in [7, 11) is 3.27. The maximum absolute atomic E-state index is 13.4. The van der Waals surface area contributed by atoms with E-state index in [0.29, 0.717) is 44.0 Å². The number of ether oxygens (including phenoxy) is 3. The van der Waals surface area contributed by atoms with E-state index in [2.05, 4.69) is 4.98 Å². The molecule has 2 aromatic rings. The lowest BCUT2D eigenvalue weighted by molar-refractivity contribution is -0.137. The second-order valence-electron chi connectivity index (χ2n) is 8.09. The summed E-state index contributed by atoms with van der Waals surface area (Å²) in [5, 5.41) is 0. The lowest BCUT2D eigenvalue weighted by atomic mass is 9.73. The predicted octanol–water partition coefficient (Wildman–Crippen LogP) is 2.07. The Balaban J connectivity index is 1.67. The molecule has 0 radical (unpaired) electrons. The molecule has 8 nitrogen and oxygen atoms in total. The van der Waals surface area contributed by atoms with Crippen LogP contribution >= 0.6 is 0 Å². The molecule has 5 rings (SSSR count). The molecule has 1 atom stereocenters. The van der Waals surface area contributed by atoms with Gasteiger partial charge in [-0.25, -0.2) is 4.99 Å². The number of hydrogen-bond acceptors (Lipinski definition) is 7. The van der Waals surface area contributed by atoms with Crippen LogP contribution < -0.4 is 15.2 Å². The Morgan fingerprint density at radius 3 is 2.67 bits per heavy atom. The molecular weight excluding hydrogens is 384 g/mol. The van der Waals surface area contributed by atoms with Gasteiger partial charge in [-0.1, -0.05) is 6.07 Å². The molecule has 0 bridgehead atoms. The Bertz CT molecular complexity index is 1050. The largest absolute Gasteiger partial charge is 0.495 e. The fraction of sp³-hybridized carbons (Fsp3) is 0.409. The molecule has 1 unspecified atom stereocenters. The minimum atomic E-state index is -1.09. The van der Waals surface area contributed by atoms with Gasteiger partial charge in [-0.3, -0.25) is 14.7 Å². The summed E-state index contributed by atoms with van der Waals surface area (Å²) < 4.78 is 17.4. The number of pyridine rings is 1. The van der Waals surface area contributed by atoms with Crippen molar-refractivity contribution in [3.05, 3.63) is 42.2 Å². The van der Waals surface area contributed by atoms with Gasteiger partial charge in [0.2, 0.25) is 0 Å². The van der Waals surface area contributed by atoms with Crippen LogP contribution in [0.2, 0.25) is 0 Å². The van der Waals surface area contributed by atoms with Crippen molar-refractivity contribution in [1.82, 2.24) is 9.88 Å². The molecule has 1 aromatic carbocycles. The van der Waals surface area contributed by atoms with Crippen LogP contribution in [0.15, 0.2) is 41.7 Å². The highest BCUT2D eigenvalue weighted by Gasteiger charge is 2.58. The molecule has 0 saturated carbocycles. The third-order valence-electron chi connectivity index (χ3n) is 6.32. The summed E-state index contributed by atoms with van der Waals surface area (Å²) in [6, 6.07) is 7.76. The van der Waals surface area contributed by atoms with E-state index in [1.165, 1.54) is 4.90 Å². The molecule has 1 saturated heterocycles. The number of amides is 1. The molecule has 8 heteroatoms. The highest BCUT2D eigenvalue weighted by molar-refractivity contribution is 6.07. The minimum absolute atomic E-state index is 0.128. The van der Waals surface area contributed by atoms with Crippen LogP contribution in [0.3, 0.4) is 0 Å². The zero-order chi connectivity index (χ0) is 20.9. The van der Waals surface area contributed by atoms with E-state index in [0.717, 1.165) is 16.7 Å². The fourth-order valence-electron chi connectivity index (χ4n) is 4.65. The number of aromatic nitrogens is 1. The van der Waals surface area contributed by atoms with Crippen LogP contribution in [0.25, 0.3) is 11.1 Å². The lowest BCUT2D eigenvalue weighted by Gasteiger charge is -2.46. The number of methoxy groups -OCH3 is 1. The van der Waals surface area contributed by atoms with Crippen molar-refractivity contribution in [2.24, 2.45) is 10.7 Å². The van der Waals surface area contributed by atoms with Crippen molar-refractivity contribution in [2.75, 3.05) is 27.4 Å². The molecular formula is C22H24N4O4. The monoisotopic (exact) mass is 408 g/mol. The molecule has 1 aromatic heterocycles. The number of fused-ring (bicyclic) bond motifs is 2. The summed E-state index contributed by atoms with van der Waals surface area (Å²) in [4.78, 5) is 23.8. The van der Waals surface area contributed by atoms with Gasteiger partial charge < -0.3 is 19.9 Å². The first-order valence-electron chi connectivity index (χ1n) is 10.0. The molecule has 3 aliphatic heterocycles.